The van der Waals surface area contributed by atoms with Crippen LogP contribution in [0.3, 0.4) is 0 Å². The highest BCUT2D eigenvalue weighted by Gasteiger charge is 2.40. The first kappa shape index (κ1) is 15.8. The van der Waals surface area contributed by atoms with E-state index in [0.29, 0.717) is 19.5 Å². The Morgan fingerprint density at radius 3 is 2.63 bits per heavy atom. The minimum atomic E-state index is -0.963. The van der Waals surface area contributed by atoms with Crippen molar-refractivity contribution in [2.75, 3.05) is 27.2 Å². The van der Waals surface area contributed by atoms with Gasteiger partial charge in [0.25, 0.3) is 0 Å². The molecule has 110 valence electrons. The lowest BCUT2D eigenvalue weighted by Crippen LogP contribution is -2.47. The molecule has 1 aliphatic rings. The summed E-state index contributed by atoms with van der Waals surface area (Å²) in [5, 5.41) is 9.17. The minimum Gasteiger partial charge on any atom is -0.480 e. The lowest BCUT2D eigenvalue weighted by molar-refractivity contribution is -0.141. The molecule has 1 N–H and O–H groups in total. The summed E-state index contributed by atoms with van der Waals surface area (Å²) < 4.78 is 5.17. The predicted octanol–water partition coefficient (Wildman–Crippen LogP) is 1.40. The average molecular weight is 272 g/mol. The van der Waals surface area contributed by atoms with Crippen molar-refractivity contribution in [3.05, 3.63) is 0 Å². The Labute approximate surface area is 114 Å². The SMILES string of the molecule is CCCCCN(C)C(=O)N1CC(OC)CC1C(=O)O. The molecule has 0 radical (unpaired) electrons. The summed E-state index contributed by atoms with van der Waals surface area (Å²) in [6.07, 6.45) is 3.28. The number of unbranched alkanes of at least 4 members (excludes halogenated alkanes) is 2. The number of hydrogen-bond acceptors (Lipinski definition) is 3. The van der Waals surface area contributed by atoms with Gasteiger partial charge in [-0.3, -0.25) is 0 Å². The van der Waals surface area contributed by atoms with Crippen molar-refractivity contribution >= 4 is 12.0 Å². The highest BCUT2D eigenvalue weighted by Crippen LogP contribution is 2.21. The van der Waals surface area contributed by atoms with E-state index < -0.39 is 12.0 Å². The largest absolute Gasteiger partial charge is 0.480 e. The predicted molar refractivity (Wildman–Crippen MR) is 71.1 cm³/mol. The van der Waals surface area contributed by atoms with Crippen LogP contribution in [0.15, 0.2) is 0 Å². The molecule has 0 aromatic carbocycles. The van der Waals surface area contributed by atoms with Crippen molar-refractivity contribution in [2.45, 2.75) is 44.8 Å². The number of aliphatic carboxylic acids is 1. The summed E-state index contributed by atoms with van der Waals surface area (Å²) in [5.41, 5.74) is 0. The molecular formula is C13H24N2O4. The molecule has 6 nitrogen and oxygen atoms in total. The van der Waals surface area contributed by atoms with E-state index in [1.807, 2.05) is 0 Å². The number of amides is 2. The zero-order chi connectivity index (χ0) is 14.4. The smallest absolute Gasteiger partial charge is 0.326 e. The van der Waals surface area contributed by atoms with E-state index in [1.165, 1.54) is 4.90 Å². The Hall–Kier alpha value is -1.30. The standard InChI is InChI=1S/C13H24N2O4/c1-4-5-6-7-14(2)13(18)15-9-10(19-3)8-11(15)12(16)17/h10-11H,4-9H2,1-3H3,(H,16,17). The molecule has 0 aromatic heterocycles. The highest BCUT2D eigenvalue weighted by atomic mass is 16.5. The number of rotatable bonds is 6. The number of hydrogen-bond donors (Lipinski definition) is 1. The molecular weight excluding hydrogens is 248 g/mol. The molecule has 0 spiro atoms. The van der Waals surface area contributed by atoms with Crippen LogP contribution in [0, 0.1) is 0 Å². The molecule has 2 amide bonds. The average Bonchev–Trinajstić information content (AvgIpc) is 2.82. The maximum Gasteiger partial charge on any atom is 0.326 e. The normalized spacial score (nSPS) is 22.6. The summed E-state index contributed by atoms with van der Waals surface area (Å²) in [7, 11) is 3.26. The van der Waals surface area contributed by atoms with Gasteiger partial charge in [-0.2, -0.15) is 0 Å². The van der Waals surface area contributed by atoms with Crippen molar-refractivity contribution in [3.63, 3.8) is 0 Å². The highest BCUT2D eigenvalue weighted by molar-refractivity contribution is 5.83. The van der Waals surface area contributed by atoms with Gasteiger partial charge in [0.1, 0.15) is 6.04 Å². The molecule has 0 bridgehead atoms. The fraction of sp³-hybridized carbons (Fsp3) is 0.846. The molecule has 1 rings (SSSR count). The number of methoxy groups -OCH3 is 1. The van der Waals surface area contributed by atoms with E-state index in [0.717, 1.165) is 19.3 Å². The van der Waals surface area contributed by atoms with Gasteiger partial charge < -0.3 is 19.6 Å². The lowest BCUT2D eigenvalue weighted by Gasteiger charge is -2.27. The molecule has 2 atom stereocenters. The summed E-state index contributed by atoms with van der Waals surface area (Å²) >= 11 is 0. The van der Waals surface area contributed by atoms with Crippen LogP contribution in [-0.2, 0) is 9.53 Å². The maximum atomic E-state index is 12.2. The number of carboxylic acids is 1. The second-order valence-corrected chi connectivity index (χ2v) is 5.01. The molecule has 1 saturated heterocycles. The number of carbonyl (C=O) groups is 2. The van der Waals surface area contributed by atoms with Crippen molar-refractivity contribution in [1.82, 2.24) is 9.80 Å². The third kappa shape index (κ3) is 4.09. The second-order valence-electron chi connectivity index (χ2n) is 5.01. The topological polar surface area (TPSA) is 70.1 Å². The van der Waals surface area contributed by atoms with E-state index in [4.69, 9.17) is 4.74 Å². The zero-order valence-corrected chi connectivity index (χ0v) is 12.0. The van der Waals surface area contributed by atoms with Gasteiger partial charge in [0.2, 0.25) is 0 Å². The van der Waals surface area contributed by atoms with Crippen LogP contribution < -0.4 is 0 Å². The van der Waals surface area contributed by atoms with Gasteiger partial charge in [-0.25, -0.2) is 9.59 Å². The van der Waals surface area contributed by atoms with Crippen LogP contribution >= 0.6 is 0 Å². The van der Waals surface area contributed by atoms with Crippen molar-refractivity contribution in [2.24, 2.45) is 0 Å². The number of urea groups is 1. The maximum absolute atomic E-state index is 12.2. The Bertz CT molecular complexity index is 322. The van der Waals surface area contributed by atoms with Crippen LogP contribution in [0.5, 0.6) is 0 Å². The molecule has 1 aliphatic heterocycles. The van der Waals surface area contributed by atoms with Crippen LogP contribution in [0.25, 0.3) is 0 Å². The van der Waals surface area contributed by atoms with Crippen molar-refractivity contribution in [1.29, 1.82) is 0 Å². The van der Waals surface area contributed by atoms with Gasteiger partial charge in [-0.15, -0.1) is 0 Å². The minimum absolute atomic E-state index is 0.186. The van der Waals surface area contributed by atoms with Crippen molar-refractivity contribution < 1.29 is 19.4 Å². The lowest BCUT2D eigenvalue weighted by atomic mass is 10.2. The first-order valence-corrected chi connectivity index (χ1v) is 6.78. The molecule has 1 heterocycles. The number of ether oxygens (including phenoxy) is 1. The van der Waals surface area contributed by atoms with Gasteiger partial charge in [0.15, 0.2) is 0 Å². The molecule has 2 unspecified atom stereocenters. The third-order valence-corrected chi connectivity index (χ3v) is 3.55. The Morgan fingerprint density at radius 2 is 2.11 bits per heavy atom. The van der Waals surface area contributed by atoms with Gasteiger partial charge in [0, 0.05) is 33.7 Å². The first-order valence-electron chi connectivity index (χ1n) is 6.78. The second kappa shape index (κ2) is 7.33. The summed E-state index contributed by atoms with van der Waals surface area (Å²) in [6, 6.07) is -0.992. The molecule has 0 saturated carbocycles. The van der Waals surface area contributed by atoms with Crippen LogP contribution in [0.1, 0.15) is 32.6 Å². The molecule has 19 heavy (non-hydrogen) atoms. The van der Waals surface area contributed by atoms with E-state index in [1.54, 1.807) is 19.1 Å². The fourth-order valence-corrected chi connectivity index (χ4v) is 2.33. The fourth-order valence-electron chi connectivity index (χ4n) is 2.33. The van der Waals surface area contributed by atoms with Gasteiger partial charge in [-0.05, 0) is 6.42 Å². The van der Waals surface area contributed by atoms with E-state index >= 15 is 0 Å². The Balaban J connectivity index is 2.60. The molecule has 6 heteroatoms. The van der Waals surface area contributed by atoms with Gasteiger partial charge in [-0.1, -0.05) is 19.8 Å². The summed E-state index contributed by atoms with van der Waals surface area (Å²) in [4.78, 5) is 26.4. The van der Waals surface area contributed by atoms with Crippen LogP contribution in [0.4, 0.5) is 4.79 Å². The van der Waals surface area contributed by atoms with E-state index in [-0.39, 0.29) is 12.1 Å². The van der Waals surface area contributed by atoms with Gasteiger partial charge in [0.05, 0.1) is 6.10 Å². The summed E-state index contributed by atoms with van der Waals surface area (Å²) in [6.45, 7) is 3.11. The van der Waals surface area contributed by atoms with Crippen LogP contribution in [0.2, 0.25) is 0 Å². The monoisotopic (exact) mass is 272 g/mol. The van der Waals surface area contributed by atoms with Crippen molar-refractivity contribution in [3.8, 4) is 0 Å². The van der Waals surface area contributed by atoms with Crippen LogP contribution in [-0.4, -0.2) is 66.3 Å². The molecule has 1 fully saturated rings. The number of nitrogens with zero attached hydrogens (tertiary/aromatic N) is 2. The molecule has 0 aromatic rings. The Morgan fingerprint density at radius 1 is 1.42 bits per heavy atom. The number of carbonyl (C=O) groups excluding carboxylic acids is 1. The third-order valence-electron chi connectivity index (χ3n) is 3.55. The Kier molecular flexibility index (Phi) is 6.08. The molecule has 0 aliphatic carbocycles. The number of likely N-dealkylation sites (tertiary alicyclic amines) is 1. The van der Waals surface area contributed by atoms with Gasteiger partial charge >= 0.3 is 12.0 Å². The van der Waals surface area contributed by atoms with E-state index in [2.05, 4.69) is 6.92 Å². The summed E-state index contributed by atoms with van der Waals surface area (Å²) in [5.74, 6) is -0.963. The zero-order valence-electron chi connectivity index (χ0n) is 12.0. The first-order chi connectivity index (χ1) is 9.01. The van der Waals surface area contributed by atoms with E-state index in [9.17, 15) is 14.7 Å². The number of carboxylic acid groups (broad SMARTS) is 1. The quantitative estimate of drug-likeness (QED) is 0.742.